The second-order valence-corrected chi connectivity index (χ2v) is 12.3. The third-order valence-corrected chi connectivity index (χ3v) is 8.81. The summed E-state index contributed by atoms with van der Waals surface area (Å²) in [4.78, 5) is 70.4. The first-order chi connectivity index (χ1) is 21.4. The van der Waals surface area contributed by atoms with Gasteiger partial charge in [-0.25, -0.2) is 4.98 Å². The minimum absolute atomic E-state index is 0.0411. The van der Waals surface area contributed by atoms with Crippen molar-refractivity contribution in [2.24, 2.45) is 11.8 Å². The molecule has 0 spiro atoms. The number of amides is 4. The lowest BCUT2D eigenvalue weighted by molar-refractivity contribution is -0.140. The van der Waals surface area contributed by atoms with E-state index in [1.54, 1.807) is 31.5 Å². The topological polar surface area (TPSA) is 159 Å². The van der Waals surface area contributed by atoms with E-state index >= 15 is 0 Å². The van der Waals surface area contributed by atoms with Crippen molar-refractivity contribution in [3.8, 4) is 0 Å². The van der Waals surface area contributed by atoms with Gasteiger partial charge in [0.2, 0.25) is 17.6 Å². The molecule has 2 rings (SSSR count). The van der Waals surface area contributed by atoms with Crippen LogP contribution in [-0.2, 0) is 30.3 Å². The molecular weight excluding hydrogens is 596 g/mol. The molecule has 2 aromatic rings. The number of rotatable bonds is 18. The standard InChI is InChI=1S/C32H48N6O6S/c1-9-20(4)27(37-26(39)17-33-5)32(43)38(7)24(19(2)3)16-25(44-8)31-36-23(18-45-31)29(41)35-22(28(40)30(42)34-6)15-21-13-11-10-12-14-21/h10-14,18-20,22,24-25,27,33H,9,15-17H2,1-8H3,(H,34,42)(H,35,41)(H,37,39)/t20?,22-,24+,25?,27-/m0/s1. The van der Waals surface area contributed by atoms with E-state index in [-0.39, 0.29) is 48.4 Å². The molecule has 0 aliphatic rings. The van der Waals surface area contributed by atoms with E-state index in [0.29, 0.717) is 17.8 Å². The number of Topliss-reactive ketones (excluding diaryl/α,β-unsaturated/α-hetero) is 1. The summed E-state index contributed by atoms with van der Waals surface area (Å²) in [5.74, 6) is -2.63. The maximum absolute atomic E-state index is 13.7. The van der Waals surface area contributed by atoms with Crippen molar-refractivity contribution < 1.29 is 28.7 Å². The zero-order valence-corrected chi connectivity index (χ0v) is 28.3. The van der Waals surface area contributed by atoms with E-state index in [1.807, 2.05) is 58.0 Å². The van der Waals surface area contributed by atoms with Gasteiger partial charge in [-0.15, -0.1) is 11.3 Å². The van der Waals surface area contributed by atoms with E-state index in [1.165, 1.54) is 18.4 Å². The fraction of sp³-hybridized carbons (Fsp3) is 0.562. The van der Waals surface area contributed by atoms with Crippen LogP contribution in [0.3, 0.4) is 0 Å². The number of ether oxygens (including phenoxy) is 1. The molecule has 13 heteroatoms. The summed E-state index contributed by atoms with van der Waals surface area (Å²) in [6.45, 7) is 8.04. The number of nitrogens with zero attached hydrogens (tertiary/aromatic N) is 2. The SMILES string of the molecule is CCC(C)[C@H](NC(=O)CNC)C(=O)N(C)[C@H](CC(OC)c1nc(C(=O)N[C@@H](Cc2ccccc2)C(=O)C(=O)NC)cs1)C(C)C. The number of ketones is 1. The van der Waals surface area contributed by atoms with Gasteiger partial charge < -0.3 is 30.9 Å². The molecule has 0 saturated heterocycles. The lowest BCUT2D eigenvalue weighted by Crippen LogP contribution is -2.55. The number of benzene rings is 1. The normalized spacial score (nSPS) is 14.5. The van der Waals surface area contributed by atoms with Gasteiger partial charge in [0.25, 0.3) is 11.8 Å². The van der Waals surface area contributed by atoms with Crippen LogP contribution in [-0.4, -0.2) is 92.2 Å². The summed E-state index contributed by atoms with van der Waals surface area (Å²) in [6.07, 6.45) is 0.712. The fourth-order valence-corrected chi connectivity index (χ4v) is 5.85. The Labute approximate surface area is 270 Å². The predicted octanol–water partition coefficient (Wildman–Crippen LogP) is 2.11. The van der Waals surface area contributed by atoms with E-state index in [4.69, 9.17) is 4.74 Å². The second-order valence-electron chi connectivity index (χ2n) is 11.4. The molecule has 0 aliphatic heterocycles. The van der Waals surface area contributed by atoms with Gasteiger partial charge in [0.1, 0.15) is 28.9 Å². The predicted molar refractivity (Wildman–Crippen MR) is 174 cm³/mol. The number of methoxy groups -OCH3 is 1. The number of nitrogens with one attached hydrogen (secondary N) is 4. The van der Waals surface area contributed by atoms with Crippen LogP contribution in [0.25, 0.3) is 0 Å². The molecule has 4 N–H and O–H groups in total. The molecule has 1 aromatic heterocycles. The second kappa shape index (κ2) is 18.3. The first kappa shape index (κ1) is 37.5. The first-order valence-electron chi connectivity index (χ1n) is 15.2. The highest BCUT2D eigenvalue weighted by Gasteiger charge is 2.35. The number of aromatic nitrogens is 1. The van der Waals surface area contributed by atoms with Crippen LogP contribution in [0.5, 0.6) is 0 Å². The van der Waals surface area contributed by atoms with Crippen LogP contribution >= 0.6 is 11.3 Å². The van der Waals surface area contributed by atoms with Crippen LogP contribution in [0, 0.1) is 11.8 Å². The Balaban J connectivity index is 2.24. The maximum atomic E-state index is 13.7. The van der Waals surface area contributed by atoms with Crippen molar-refractivity contribution in [2.45, 2.75) is 71.2 Å². The Morgan fingerprint density at radius 2 is 1.69 bits per heavy atom. The number of likely N-dealkylation sites (N-methyl/N-ethyl adjacent to an activating group) is 3. The van der Waals surface area contributed by atoms with E-state index < -0.39 is 35.8 Å². The summed E-state index contributed by atoms with van der Waals surface area (Å²) in [5, 5.41) is 12.8. The molecule has 248 valence electrons. The Morgan fingerprint density at radius 1 is 1.02 bits per heavy atom. The Bertz CT molecular complexity index is 1290. The summed E-state index contributed by atoms with van der Waals surface area (Å²) < 4.78 is 5.80. The minimum atomic E-state index is -1.08. The molecule has 2 unspecified atom stereocenters. The molecule has 0 radical (unpaired) electrons. The third-order valence-electron chi connectivity index (χ3n) is 7.87. The van der Waals surface area contributed by atoms with E-state index in [9.17, 15) is 24.0 Å². The first-order valence-corrected chi connectivity index (χ1v) is 16.1. The average molecular weight is 645 g/mol. The summed E-state index contributed by atoms with van der Waals surface area (Å²) in [6, 6.07) is 7.07. The molecule has 0 aliphatic carbocycles. The number of carbonyl (C=O) groups is 5. The molecule has 12 nitrogen and oxygen atoms in total. The van der Waals surface area contributed by atoms with Crippen molar-refractivity contribution in [2.75, 3.05) is 34.8 Å². The Kier molecular flexibility index (Phi) is 15.3. The third kappa shape index (κ3) is 10.7. The highest BCUT2D eigenvalue weighted by molar-refractivity contribution is 7.09. The summed E-state index contributed by atoms with van der Waals surface area (Å²) in [7, 11) is 6.31. The van der Waals surface area contributed by atoms with E-state index in [2.05, 4.69) is 26.3 Å². The zero-order valence-electron chi connectivity index (χ0n) is 27.5. The quantitative estimate of drug-likeness (QED) is 0.180. The highest BCUT2D eigenvalue weighted by atomic mass is 32.1. The van der Waals surface area contributed by atoms with Gasteiger partial charge in [0.05, 0.1) is 6.54 Å². The summed E-state index contributed by atoms with van der Waals surface area (Å²) >= 11 is 1.23. The largest absolute Gasteiger partial charge is 0.374 e. The van der Waals surface area contributed by atoms with Crippen LogP contribution in [0.4, 0.5) is 0 Å². The Morgan fingerprint density at radius 3 is 2.24 bits per heavy atom. The number of carbonyl (C=O) groups excluding carboxylic acids is 5. The number of hydrogen-bond donors (Lipinski definition) is 4. The molecule has 45 heavy (non-hydrogen) atoms. The molecule has 0 fully saturated rings. The van der Waals surface area contributed by atoms with Crippen molar-refractivity contribution in [3.63, 3.8) is 0 Å². The zero-order chi connectivity index (χ0) is 33.7. The fourth-order valence-electron chi connectivity index (χ4n) is 4.96. The van der Waals surface area contributed by atoms with Gasteiger partial charge in [-0.2, -0.15) is 0 Å². The van der Waals surface area contributed by atoms with Gasteiger partial charge in [-0.1, -0.05) is 64.4 Å². The molecule has 1 heterocycles. The van der Waals surface area contributed by atoms with Gasteiger partial charge in [-0.05, 0) is 24.4 Å². The number of thiazole rings is 1. The molecular formula is C32H48N6O6S. The highest BCUT2D eigenvalue weighted by Crippen LogP contribution is 2.30. The van der Waals surface area contributed by atoms with Crippen molar-refractivity contribution in [1.82, 2.24) is 31.2 Å². The van der Waals surface area contributed by atoms with Gasteiger partial charge in [-0.3, -0.25) is 24.0 Å². The van der Waals surface area contributed by atoms with Crippen molar-refractivity contribution in [3.05, 3.63) is 52.0 Å². The van der Waals surface area contributed by atoms with Gasteiger partial charge >= 0.3 is 0 Å². The number of hydrogen-bond acceptors (Lipinski definition) is 9. The lowest BCUT2D eigenvalue weighted by atomic mass is 9.93. The van der Waals surface area contributed by atoms with Crippen LogP contribution < -0.4 is 21.3 Å². The monoisotopic (exact) mass is 644 g/mol. The molecule has 0 saturated carbocycles. The smallest absolute Gasteiger partial charge is 0.289 e. The van der Waals surface area contributed by atoms with Gasteiger partial charge in [0, 0.05) is 45.5 Å². The molecule has 0 bridgehead atoms. The van der Waals surface area contributed by atoms with Gasteiger partial charge in [0.15, 0.2) is 0 Å². The Hall–Kier alpha value is -3.68. The molecule has 5 atom stereocenters. The lowest BCUT2D eigenvalue weighted by Gasteiger charge is -2.37. The molecule has 4 amide bonds. The summed E-state index contributed by atoms with van der Waals surface area (Å²) in [5.41, 5.74) is 0.878. The van der Waals surface area contributed by atoms with Crippen LogP contribution in [0.1, 0.15) is 67.7 Å². The van der Waals surface area contributed by atoms with Crippen molar-refractivity contribution >= 4 is 40.7 Å². The van der Waals surface area contributed by atoms with Crippen molar-refractivity contribution in [1.29, 1.82) is 0 Å². The molecule has 1 aromatic carbocycles. The average Bonchev–Trinajstić information content (AvgIpc) is 3.53. The minimum Gasteiger partial charge on any atom is -0.374 e. The van der Waals surface area contributed by atoms with Crippen LogP contribution in [0.15, 0.2) is 35.7 Å². The van der Waals surface area contributed by atoms with Crippen LogP contribution in [0.2, 0.25) is 0 Å². The maximum Gasteiger partial charge on any atom is 0.289 e. The van der Waals surface area contributed by atoms with E-state index in [0.717, 1.165) is 5.56 Å².